The zero-order chi connectivity index (χ0) is 15.6. The Bertz CT molecular complexity index is 667. The summed E-state index contributed by atoms with van der Waals surface area (Å²) in [6.07, 6.45) is 0. The van der Waals surface area contributed by atoms with Crippen molar-refractivity contribution < 1.29 is 9.53 Å². The SMILES string of the molecule is COC(=O)c1cc(NC(C)c2nc(C)cs2)cc(C)c1N. The number of nitrogens with zero attached hydrogens (tertiary/aromatic N) is 1. The smallest absolute Gasteiger partial charge is 0.340 e. The summed E-state index contributed by atoms with van der Waals surface area (Å²) in [6, 6.07) is 3.68. The molecule has 1 atom stereocenters. The highest BCUT2D eigenvalue weighted by Gasteiger charge is 2.15. The number of nitrogens with two attached hydrogens (primary N) is 1. The molecule has 1 aromatic heterocycles. The molecule has 0 bridgehead atoms. The molecule has 1 aromatic carbocycles. The molecule has 21 heavy (non-hydrogen) atoms. The number of rotatable bonds is 4. The van der Waals surface area contributed by atoms with E-state index in [0.717, 1.165) is 22.0 Å². The van der Waals surface area contributed by atoms with Gasteiger partial charge in [-0.2, -0.15) is 0 Å². The van der Waals surface area contributed by atoms with Crippen molar-refractivity contribution in [3.05, 3.63) is 39.3 Å². The second kappa shape index (κ2) is 6.13. The number of benzene rings is 1. The molecule has 0 aliphatic heterocycles. The highest BCUT2D eigenvalue weighted by molar-refractivity contribution is 7.09. The first kappa shape index (κ1) is 15.3. The van der Waals surface area contributed by atoms with Crippen molar-refractivity contribution >= 4 is 28.7 Å². The highest BCUT2D eigenvalue weighted by Crippen LogP contribution is 2.27. The van der Waals surface area contributed by atoms with E-state index in [2.05, 4.69) is 10.3 Å². The van der Waals surface area contributed by atoms with Crippen LogP contribution in [0.5, 0.6) is 0 Å². The number of hydrogen-bond acceptors (Lipinski definition) is 6. The summed E-state index contributed by atoms with van der Waals surface area (Å²) in [4.78, 5) is 16.2. The second-order valence-corrected chi connectivity index (χ2v) is 5.83. The molecule has 0 fully saturated rings. The molecule has 1 unspecified atom stereocenters. The van der Waals surface area contributed by atoms with Crippen LogP contribution in [0.15, 0.2) is 17.5 Å². The van der Waals surface area contributed by atoms with Gasteiger partial charge in [0.2, 0.25) is 0 Å². The third-order valence-corrected chi connectivity index (χ3v) is 4.33. The molecule has 0 amide bonds. The molecule has 3 N–H and O–H groups in total. The molecule has 112 valence electrons. The minimum absolute atomic E-state index is 0.0530. The van der Waals surface area contributed by atoms with Crippen molar-refractivity contribution in [3.63, 3.8) is 0 Å². The summed E-state index contributed by atoms with van der Waals surface area (Å²) in [5, 5.41) is 6.36. The van der Waals surface area contributed by atoms with Gasteiger partial charge in [-0.1, -0.05) is 0 Å². The van der Waals surface area contributed by atoms with Crippen molar-refractivity contribution in [1.29, 1.82) is 0 Å². The van der Waals surface area contributed by atoms with Crippen molar-refractivity contribution in [1.82, 2.24) is 4.98 Å². The summed E-state index contributed by atoms with van der Waals surface area (Å²) in [5.74, 6) is -0.433. The Morgan fingerprint density at radius 2 is 2.14 bits per heavy atom. The molecule has 0 aliphatic rings. The summed E-state index contributed by atoms with van der Waals surface area (Å²) < 4.78 is 4.76. The lowest BCUT2D eigenvalue weighted by Crippen LogP contribution is -2.11. The Morgan fingerprint density at radius 1 is 1.43 bits per heavy atom. The molecule has 0 spiro atoms. The second-order valence-electron chi connectivity index (χ2n) is 4.94. The minimum atomic E-state index is -0.433. The zero-order valence-electron chi connectivity index (χ0n) is 12.6. The lowest BCUT2D eigenvalue weighted by molar-refractivity contribution is 0.0602. The van der Waals surface area contributed by atoms with Gasteiger partial charge in [-0.05, 0) is 38.5 Å². The standard InChI is InChI=1S/C15H19N3O2S/c1-8-5-11(6-12(13(8)16)15(19)20-4)18-10(3)14-17-9(2)7-21-14/h5-7,10,18H,16H2,1-4H3. The Hall–Kier alpha value is -2.08. The highest BCUT2D eigenvalue weighted by atomic mass is 32.1. The first-order valence-corrected chi connectivity index (χ1v) is 7.47. The van der Waals surface area contributed by atoms with Gasteiger partial charge in [-0.3, -0.25) is 0 Å². The number of thiazole rings is 1. The largest absolute Gasteiger partial charge is 0.465 e. The third kappa shape index (κ3) is 3.33. The van der Waals surface area contributed by atoms with Gasteiger partial charge in [0.05, 0.1) is 18.7 Å². The topological polar surface area (TPSA) is 77.2 Å². The molecule has 0 radical (unpaired) electrons. The number of nitrogens with one attached hydrogen (secondary N) is 1. The lowest BCUT2D eigenvalue weighted by atomic mass is 10.1. The number of carbonyl (C=O) groups excluding carboxylic acids is 1. The average molecular weight is 305 g/mol. The molecule has 0 saturated heterocycles. The Morgan fingerprint density at radius 3 is 2.71 bits per heavy atom. The fourth-order valence-electron chi connectivity index (χ4n) is 2.04. The molecule has 6 heteroatoms. The third-order valence-electron chi connectivity index (χ3n) is 3.18. The average Bonchev–Trinajstić information content (AvgIpc) is 2.88. The predicted octanol–water partition coefficient (Wildman–Crippen LogP) is 3.30. The Labute approximate surface area is 128 Å². The van der Waals surface area contributed by atoms with E-state index in [1.165, 1.54) is 7.11 Å². The zero-order valence-corrected chi connectivity index (χ0v) is 13.4. The number of aryl methyl sites for hydroxylation is 2. The van der Waals surface area contributed by atoms with Gasteiger partial charge in [0, 0.05) is 22.4 Å². The van der Waals surface area contributed by atoms with Crippen LogP contribution >= 0.6 is 11.3 Å². The molecule has 0 aliphatic carbocycles. The van der Waals surface area contributed by atoms with Gasteiger partial charge in [0.1, 0.15) is 5.01 Å². The van der Waals surface area contributed by atoms with Crippen LogP contribution in [0.1, 0.15) is 39.6 Å². The van der Waals surface area contributed by atoms with Crippen LogP contribution in [0.2, 0.25) is 0 Å². The van der Waals surface area contributed by atoms with Crippen molar-refractivity contribution in [2.75, 3.05) is 18.2 Å². The fourth-order valence-corrected chi connectivity index (χ4v) is 2.85. The van der Waals surface area contributed by atoms with E-state index < -0.39 is 5.97 Å². The quantitative estimate of drug-likeness (QED) is 0.669. The summed E-state index contributed by atoms with van der Waals surface area (Å²) >= 11 is 1.61. The molecule has 5 nitrogen and oxygen atoms in total. The van der Waals surface area contributed by atoms with E-state index in [4.69, 9.17) is 10.5 Å². The fraction of sp³-hybridized carbons (Fsp3) is 0.333. The number of aromatic nitrogens is 1. The van der Waals surface area contributed by atoms with Crippen LogP contribution in [-0.2, 0) is 4.74 Å². The van der Waals surface area contributed by atoms with Gasteiger partial charge < -0.3 is 15.8 Å². The van der Waals surface area contributed by atoms with Gasteiger partial charge in [-0.15, -0.1) is 11.3 Å². The van der Waals surface area contributed by atoms with Crippen LogP contribution in [-0.4, -0.2) is 18.1 Å². The number of nitrogen functional groups attached to an aromatic ring is 1. The Balaban J connectivity index is 2.28. The first-order valence-electron chi connectivity index (χ1n) is 6.59. The van der Waals surface area contributed by atoms with E-state index in [1.807, 2.05) is 32.2 Å². The van der Waals surface area contributed by atoms with Crippen LogP contribution < -0.4 is 11.1 Å². The van der Waals surface area contributed by atoms with E-state index in [9.17, 15) is 4.79 Å². The normalized spacial score (nSPS) is 12.0. The van der Waals surface area contributed by atoms with Crippen LogP contribution in [0.25, 0.3) is 0 Å². The van der Waals surface area contributed by atoms with Crippen LogP contribution in [0.3, 0.4) is 0 Å². The summed E-state index contributed by atoms with van der Waals surface area (Å²) in [5.41, 5.74) is 9.43. The maximum atomic E-state index is 11.8. The monoisotopic (exact) mass is 305 g/mol. The molecular formula is C15H19N3O2S. The van der Waals surface area contributed by atoms with E-state index >= 15 is 0 Å². The minimum Gasteiger partial charge on any atom is -0.465 e. The van der Waals surface area contributed by atoms with Crippen molar-refractivity contribution in [2.45, 2.75) is 26.8 Å². The summed E-state index contributed by atoms with van der Waals surface area (Å²) in [7, 11) is 1.35. The maximum absolute atomic E-state index is 11.8. The van der Waals surface area contributed by atoms with E-state index in [-0.39, 0.29) is 6.04 Å². The summed E-state index contributed by atoms with van der Waals surface area (Å²) in [6.45, 7) is 5.86. The van der Waals surface area contributed by atoms with Crippen molar-refractivity contribution in [3.8, 4) is 0 Å². The lowest BCUT2D eigenvalue weighted by Gasteiger charge is -2.16. The number of esters is 1. The van der Waals surface area contributed by atoms with Gasteiger partial charge >= 0.3 is 5.97 Å². The number of carbonyl (C=O) groups is 1. The van der Waals surface area contributed by atoms with Gasteiger partial charge in [0.25, 0.3) is 0 Å². The predicted molar refractivity (Wildman–Crippen MR) is 85.8 cm³/mol. The van der Waals surface area contributed by atoms with E-state index in [0.29, 0.717) is 11.3 Å². The molecular weight excluding hydrogens is 286 g/mol. The molecule has 2 aromatic rings. The Kier molecular flexibility index (Phi) is 4.47. The molecule has 0 saturated carbocycles. The number of anilines is 2. The molecule has 2 rings (SSSR count). The van der Waals surface area contributed by atoms with E-state index in [1.54, 1.807) is 17.4 Å². The molecule has 1 heterocycles. The first-order chi connectivity index (χ1) is 9.92. The van der Waals surface area contributed by atoms with Gasteiger partial charge in [-0.25, -0.2) is 9.78 Å². The number of hydrogen-bond donors (Lipinski definition) is 2. The maximum Gasteiger partial charge on any atom is 0.340 e. The van der Waals surface area contributed by atoms with Crippen LogP contribution in [0.4, 0.5) is 11.4 Å². The van der Waals surface area contributed by atoms with Crippen LogP contribution in [0, 0.1) is 13.8 Å². The van der Waals surface area contributed by atoms with Crippen molar-refractivity contribution in [2.24, 2.45) is 0 Å². The number of methoxy groups -OCH3 is 1. The number of ether oxygens (including phenoxy) is 1. The van der Waals surface area contributed by atoms with Gasteiger partial charge in [0.15, 0.2) is 0 Å².